The van der Waals surface area contributed by atoms with Crippen molar-refractivity contribution in [1.29, 1.82) is 0 Å². The van der Waals surface area contributed by atoms with Gasteiger partial charge >= 0.3 is 0 Å². The second-order valence-corrected chi connectivity index (χ2v) is 5.96. The molecular formula is C12H17NO3S. The summed E-state index contributed by atoms with van der Waals surface area (Å²) >= 11 is 0. The monoisotopic (exact) mass is 255 g/mol. The molecule has 1 fully saturated rings. The van der Waals surface area contributed by atoms with Gasteiger partial charge in [-0.05, 0) is 38.4 Å². The molecule has 0 bridgehead atoms. The fourth-order valence-corrected chi connectivity index (χ4v) is 2.79. The quantitative estimate of drug-likeness (QED) is 0.827. The fourth-order valence-electron chi connectivity index (χ4n) is 1.84. The number of nitrogens with one attached hydrogen (secondary N) is 1. The van der Waals surface area contributed by atoms with E-state index in [1.54, 1.807) is 24.3 Å². The fraction of sp³-hybridized carbons (Fsp3) is 0.500. The summed E-state index contributed by atoms with van der Waals surface area (Å²) in [6.45, 7) is 3.08. The number of benzene rings is 1. The topological polar surface area (TPSA) is 55.4 Å². The Morgan fingerprint density at radius 2 is 2.06 bits per heavy atom. The molecule has 1 aromatic rings. The van der Waals surface area contributed by atoms with Gasteiger partial charge in [0.15, 0.2) is 0 Å². The van der Waals surface area contributed by atoms with Crippen LogP contribution in [0.2, 0.25) is 0 Å². The van der Waals surface area contributed by atoms with Gasteiger partial charge in [-0.25, -0.2) is 0 Å². The SMILES string of the molecule is Cc1ccc(S(=O)(=O)OCC2CCCN2)cc1. The molecule has 0 amide bonds. The Hall–Kier alpha value is -0.910. The molecule has 0 aromatic heterocycles. The van der Waals surface area contributed by atoms with E-state index in [-0.39, 0.29) is 17.5 Å². The molecule has 2 rings (SSSR count). The average molecular weight is 255 g/mol. The molecule has 1 unspecified atom stereocenters. The van der Waals surface area contributed by atoms with E-state index in [9.17, 15) is 8.42 Å². The van der Waals surface area contributed by atoms with Crippen LogP contribution in [0, 0.1) is 6.92 Å². The standard InChI is InChI=1S/C12H17NO3S/c1-10-4-6-12(7-5-10)17(14,15)16-9-11-3-2-8-13-11/h4-7,11,13H,2-3,8-9H2,1H3. The Bertz CT molecular complexity index is 461. The van der Waals surface area contributed by atoms with Crippen LogP contribution in [0.15, 0.2) is 29.2 Å². The number of rotatable bonds is 4. The third-order valence-electron chi connectivity index (χ3n) is 2.90. The van der Waals surface area contributed by atoms with Crippen LogP contribution in [0.4, 0.5) is 0 Å². The van der Waals surface area contributed by atoms with Gasteiger partial charge in [0, 0.05) is 6.04 Å². The van der Waals surface area contributed by atoms with Gasteiger partial charge in [0.25, 0.3) is 10.1 Å². The summed E-state index contributed by atoms with van der Waals surface area (Å²) in [7, 11) is -3.60. The second kappa shape index (κ2) is 5.16. The molecule has 1 saturated heterocycles. The van der Waals surface area contributed by atoms with Crippen molar-refractivity contribution in [3.05, 3.63) is 29.8 Å². The lowest BCUT2D eigenvalue weighted by atomic mass is 10.2. The van der Waals surface area contributed by atoms with E-state index in [0.29, 0.717) is 0 Å². The molecule has 1 atom stereocenters. The summed E-state index contributed by atoms with van der Waals surface area (Å²) in [6.07, 6.45) is 2.06. The summed E-state index contributed by atoms with van der Waals surface area (Å²) in [5.41, 5.74) is 1.03. The van der Waals surface area contributed by atoms with Crippen LogP contribution >= 0.6 is 0 Å². The van der Waals surface area contributed by atoms with E-state index in [4.69, 9.17) is 4.18 Å². The zero-order valence-electron chi connectivity index (χ0n) is 9.85. The number of hydrogen-bond donors (Lipinski definition) is 1. The molecule has 0 radical (unpaired) electrons. The van der Waals surface area contributed by atoms with Crippen LogP contribution in [0.1, 0.15) is 18.4 Å². The predicted molar refractivity (Wildman–Crippen MR) is 65.3 cm³/mol. The molecule has 4 nitrogen and oxygen atoms in total. The third-order valence-corrected chi connectivity index (χ3v) is 4.19. The van der Waals surface area contributed by atoms with E-state index in [2.05, 4.69) is 5.32 Å². The van der Waals surface area contributed by atoms with E-state index in [1.165, 1.54) is 0 Å². The van der Waals surface area contributed by atoms with Crippen LogP contribution in [0.3, 0.4) is 0 Å². The lowest BCUT2D eigenvalue weighted by molar-refractivity contribution is 0.281. The summed E-state index contributed by atoms with van der Waals surface area (Å²) in [5.74, 6) is 0. The average Bonchev–Trinajstić information content (AvgIpc) is 2.80. The lowest BCUT2D eigenvalue weighted by Gasteiger charge is -2.11. The number of hydrogen-bond acceptors (Lipinski definition) is 4. The van der Waals surface area contributed by atoms with Crippen molar-refractivity contribution in [3.8, 4) is 0 Å². The second-order valence-electron chi connectivity index (χ2n) is 4.34. The molecule has 0 spiro atoms. The van der Waals surface area contributed by atoms with Gasteiger partial charge in [0.2, 0.25) is 0 Å². The maximum Gasteiger partial charge on any atom is 0.297 e. The van der Waals surface area contributed by atoms with Gasteiger partial charge in [0.1, 0.15) is 0 Å². The van der Waals surface area contributed by atoms with Gasteiger partial charge in [-0.1, -0.05) is 17.7 Å². The van der Waals surface area contributed by atoms with Crippen LogP contribution in [-0.4, -0.2) is 27.6 Å². The van der Waals surface area contributed by atoms with Crippen molar-refractivity contribution in [1.82, 2.24) is 5.32 Å². The molecule has 0 aliphatic carbocycles. The normalized spacial score (nSPS) is 20.6. The highest BCUT2D eigenvalue weighted by molar-refractivity contribution is 7.86. The van der Waals surface area contributed by atoms with Crippen LogP contribution in [0.5, 0.6) is 0 Å². The van der Waals surface area contributed by atoms with E-state index in [0.717, 1.165) is 24.9 Å². The number of aryl methyl sites for hydroxylation is 1. The Morgan fingerprint density at radius 3 is 2.65 bits per heavy atom. The Kier molecular flexibility index (Phi) is 3.81. The highest BCUT2D eigenvalue weighted by Crippen LogP contribution is 2.15. The van der Waals surface area contributed by atoms with Crippen LogP contribution in [-0.2, 0) is 14.3 Å². The highest BCUT2D eigenvalue weighted by atomic mass is 32.2. The van der Waals surface area contributed by atoms with Crippen molar-refractivity contribution < 1.29 is 12.6 Å². The minimum Gasteiger partial charge on any atom is -0.312 e. The summed E-state index contributed by atoms with van der Waals surface area (Å²) < 4.78 is 28.7. The molecule has 1 aliphatic rings. The van der Waals surface area contributed by atoms with Gasteiger partial charge in [-0.3, -0.25) is 4.18 Å². The molecule has 0 saturated carbocycles. The third kappa shape index (κ3) is 3.28. The first-order valence-electron chi connectivity index (χ1n) is 5.77. The molecule has 1 N–H and O–H groups in total. The van der Waals surface area contributed by atoms with Gasteiger partial charge in [0.05, 0.1) is 11.5 Å². The molecule has 94 valence electrons. The Morgan fingerprint density at radius 1 is 1.35 bits per heavy atom. The molecule has 17 heavy (non-hydrogen) atoms. The van der Waals surface area contributed by atoms with E-state index < -0.39 is 10.1 Å². The van der Waals surface area contributed by atoms with E-state index in [1.807, 2.05) is 6.92 Å². The largest absolute Gasteiger partial charge is 0.312 e. The minimum atomic E-state index is -3.60. The van der Waals surface area contributed by atoms with Gasteiger partial charge in [-0.2, -0.15) is 8.42 Å². The Balaban J connectivity index is 2.00. The van der Waals surface area contributed by atoms with Crippen LogP contribution < -0.4 is 5.32 Å². The molecule has 5 heteroatoms. The van der Waals surface area contributed by atoms with Crippen molar-refractivity contribution >= 4 is 10.1 Å². The zero-order chi connectivity index (χ0) is 12.3. The smallest absolute Gasteiger partial charge is 0.297 e. The first-order chi connectivity index (χ1) is 8.08. The van der Waals surface area contributed by atoms with Crippen molar-refractivity contribution in [2.24, 2.45) is 0 Å². The van der Waals surface area contributed by atoms with Gasteiger partial charge < -0.3 is 5.32 Å². The summed E-state index contributed by atoms with van der Waals surface area (Å²) in [5, 5.41) is 3.20. The minimum absolute atomic E-state index is 0.162. The molecule has 1 heterocycles. The molecular weight excluding hydrogens is 238 g/mol. The van der Waals surface area contributed by atoms with Crippen molar-refractivity contribution in [2.75, 3.05) is 13.2 Å². The first kappa shape index (κ1) is 12.5. The first-order valence-corrected chi connectivity index (χ1v) is 7.18. The highest BCUT2D eigenvalue weighted by Gasteiger charge is 2.20. The van der Waals surface area contributed by atoms with Crippen molar-refractivity contribution in [3.63, 3.8) is 0 Å². The van der Waals surface area contributed by atoms with E-state index >= 15 is 0 Å². The summed E-state index contributed by atoms with van der Waals surface area (Å²) in [4.78, 5) is 0.223. The van der Waals surface area contributed by atoms with Crippen LogP contribution in [0.25, 0.3) is 0 Å². The Labute approximate surface area is 102 Å². The molecule has 1 aromatic carbocycles. The lowest BCUT2D eigenvalue weighted by Crippen LogP contribution is -2.28. The zero-order valence-corrected chi connectivity index (χ0v) is 10.7. The predicted octanol–water partition coefficient (Wildman–Crippen LogP) is 1.45. The maximum atomic E-state index is 11.9. The van der Waals surface area contributed by atoms with Crippen molar-refractivity contribution in [2.45, 2.75) is 30.7 Å². The maximum absolute atomic E-state index is 11.9. The van der Waals surface area contributed by atoms with Gasteiger partial charge in [-0.15, -0.1) is 0 Å². The molecule has 1 aliphatic heterocycles. The summed E-state index contributed by atoms with van der Waals surface area (Å²) in [6, 6.07) is 6.85.